The van der Waals surface area contributed by atoms with Crippen molar-refractivity contribution in [3.05, 3.63) is 23.9 Å². The number of hydrogen-bond acceptors (Lipinski definition) is 5. The zero-order valence-corrected chi connectivity index (χ0v) is 11.1. The van der Waals surface area contributed by atoms with Crippen LogP contribution in [-0.4, -0.2) is 30.4 Å². The van der Waals surface area contributed by atoms with Crippen LogP contribution in [0.3, 0.4) is 0 Å². The Hall–Kier alpha value is -1.79. The van der Waals surface area contributed by atoms with Crippen molar-refractivity contribution in [3.63, 3.8) is 0 Å². The Kier molecular flexibility index (Phi) is 3.64. The third-order valence-electron chi connectivity index (χ3n) is 3.08. The molecule has 2 heterocycles. The zero-order valence-electron chi connectivity index (χ0n) is 10.3. The molecule has 0 unspecified atom stereocenters. The predicted molar refractivity (Wildman–Crippen MR) is 72.7 cm³/mol. The van der Waals surface area contributed by atoms with E-state index in [1.807, 2.05) is 19.1 Å². The van der Waals surface area contributed by atoms with Crippen molar-refractivity contribution >= 4 is 35.2 Å². The molecule has 0 bridgehead atoms. The van der Waals surface area contributed by atoms with Crippen molar-refractivity contribution < 1.29 is 14.1 Å². The lowest BCUT2D eigenvalue weighted by atomic mass is 10.2. The van der Waals surface area contributed by atoms with Crippen molar-refractivity contribution in [1.82, 2.24) is 5.16 Å². The molecular formula is C12H14ClN3O3. The third kappa shape index (κ3) is 2.24. The van der Waals surface area contributed by atoms with Gasteiger partial charge in [0, 0.05) is 18.0 Å². The molecule has 6 nitrogen and oxygen atoms in total. The number of aryl methyl sites for hydroxylation is 1. The van der Waals surface area contributed by atoms with Crippen LogP contribution in [0.15, 0.2) is 22.7 Å². The highest BCUT2D eigenvalue weighted by Crippen LogP contribution is 2.27. The number of hydrogen-bond donors (Lipinski definition) is 1. The quantitative estimate of drug-likeness (QED) is 0.909. The van der Waals surface area contributed by atoms with E-state index in [0.29, 0.717) is 18.7 Å². The molecule has 0 saturated carbocycles. The van der Waals surface area contributed by atoms with Crippen molar-refractivity contribution in [2.75, 3.05) is 18.0 Å². The topological polar surface area (TPSA) is 81.6 Å². The van der Waals surface area contributed by atoms with Gasteiger partial charge in [-0.2, -0.15) is 0 Å². The van der Waals surface area contributed by atoms with Crippen molar-refractivity contribution in [2.24, 2.45) is 5.73 Å². The summed E-state index contributed by atoms with van der Waals surface area (Å²) in [6.07, 6.45) is -0.620. The summed E-state index contributed by atoms with van der Waals surface area (Å²) in [6.45, 7) is 2.67. The van der Waals surface area contributed by atoms with E-state index < -0.39 is 0 Å². The minimum Gasteiger partial charge on any atom is -0.443 e. The normalized spacial score (nSPS) is 18.5. The SMILES string of the molecule is Cc1noc2cc(N3C[C@H](CN)OC3=O)ccc12.Cl. The van der Waals surface area contributed by atoms with E-state index >= 15 is 0 Å². The van der Waals surface area contributed by atoms with Gasteiger partial charge in [0.25, 0.3) is 0 Å². The van der Waals surface area contributed by atoms with Gasteiger partial charge >= 0.3 is 6.09 Å². The number of rotatable bonds is 2. The molecule has 1 aliphatic heterocycles. The number of anilines is 1. The summed E-state index contributed by atoms with van der Waals surface area (Å²) in [6, 6.07) is 5.53. The van der Waals surface area contributed by atoms with Crippen LogP contribution in [0.1, 0.15) is 5.69 Å². The summed E-state index contributed by atoms with van der Waals surface area (Å²) in [5.41, 5.74) is 7.73. The molecule has 3 rings (SSSR count). The van der Waals surface area contributed by atoms with Crippen LogP contribution in [0, 0.1) is 6.92 Å². The maximum Gasteiger partial charge on any atom is 0.414 e. The molecule has 1 amide bonds. The summed E-state index contributed by atoms with van der Waals surface area (Å²) in [5, 5.41) is 4.83. The minimum atomic E-state index is -0.374. The van der Waals surface area contributed by atoms with E-state index in [9.17, 15) is 4.79 Å². The molecule has 1 aromatic carbocycles. The highest BCUT2D eigenvalue weighted by Gasteiger charge is 2.31. The Morgan fingerprint density at radius 2 is 2.32 bits per heavy atom. The number of benzene rings is 1. The zero-order chi connectivity index (χ0) is 12.7. The number of halogens is 1. The number of fused-ring (bicyclic) bond motifs is 1. The molecule has 2 N–H and O–H groups in total. The molecular weight excluding hydrogens is 270 g/mol. The maximum absolute atomic E-state index is 11.7. The number of ether oxygens (including phenoxy) is 1. The number of carbonyl (C=O) groups excluding carboxylic acids is 1. The Labute approximate surface area is 115 Å². The van der Waals surface area contributed by atoms with Gasteiger partial charge in [0.2, 0.25) is 0 Å². The van der Waals surface area contributed by atoms with E-state index in [1.165, 1.54) is 0 Å². The van der Waals surface area contributed by atoms with Gasteiger partial charge in [-0.15, -0.1) is 12.4 Å². The smallest absolute Gasteiger partial charge is 0.414 e. The van der Waals surface area contributed by atoms with Crippen LogP contribution in [0.25, 0.3) is 11.0 Å². The molecule has 0 aliphatic carbocycles. The Balaban J connectivity index is 0.00000133. The molecule has 1 aliphatic rings. The van der Waals surface area contributed by atoms with Crippen molar-refractivity contribution in [1.29, 1.82) is 0 Å². The highest BCUT2D eigenvalue weighted by molar-refractivity contribution is 5.93. The fraction of sp³-hybridized carbons (Fsp3) is 0.333. The number of carbonyl (C=O) groups is 1. The third-order valence-corrected chi connectivity index (χ3v) is 3.08. The fourth-order valence-electron chi connectivity index (χ4n) is 2.08. The molecule has 0 spiro atoms. The van der Waals surface area contributed by atoms with Gasteiger partial charge in [-0.05, 0) is 19.1 Å². The summed E-state index contributed by atoms with van der Waals surface area (Å²) in [4.78, 5) is 13.2. The van der Waals surface area contributed by atoms with Crippen LogP contribution in [-0.2, 0) is 4.74 Å². The lowest BCUT2D eigenvalue weighted by Crippen LogP contribution is -2.27. The first-order valence-electron chi connectivity index (χ1n) is 5.73. The van der Waals surface area contributed by atoms with Crippen molar-refractivity contribution in [3.8, 4) is 0 Å². The second kappa shape index (κ2) is 5.07. The second-order valence-corrected chi connectivity index (χ2v) is 4.30. The molecule has 102 valence electrons. The first-order valence-corrected chi connectivity index (χ1v) is 5.73. The lowest BCUT2D eigenvalue weighted by molar-refractivity contribution is 0.145. The van der Waals surface area contributed by atoms with Crippen LogP contribution in [0.5, 0.6) is 0 Å². The van der Waals surface area contributed by atoms with Crippen LogP contribution >= 0.6 is 12.4 Å². The summed E-state index contributed by atoms with van der Waals surface area (Å²) in [5.74, 6) is 0. The highest BCUT2D eigenvalue weighted by atomic mass is 35.5. The summed E-state index contributed by atoms with van der Waals surface area (Å²) >= 11 is 0. The van der Waals surface area contributed by atoms with Gasteiger partial charge in [-0.1, -0.05) is 5.16 Å². The largest absolute Gasteiger partial charge is 0.443 e. The van der Waals surface area contributed by atoms with Gasteiger partial charge in [0.05, 0.1) is 17.9 Å². The molecule has 1 fully saturated rings. The van der Waals surface area contributed by atoms with Gasteiger partial charge in [-0.25, -0.2) is 4.79 Å². The van der Waals surface area contributed by atoms with Crippen LogP contribution in [0.4, 0.5) is 10.5 Å². The van der Waals surface area contributed by atoms with E-state index in [1.54, 1.807) is 11.0 Å². The molecule has 19 heavy (non-hydrogen) atoms. The summed E-state index contributed by atoms with van der Waals surface area (Å²) < 4.78 is 10.3. The summed E-state index contributed by atoms with van der Waals surface area (Å²) in [7, 11) is 0. The first-order chi connectivity index (χ1) is 8.69. The Morgan fingerprint density at radius 1 is 1.53 bits per heavy atom. The molecule has 0 radical (unpaired) electrons. The second-order valence-electron chi connectivity index (χ2n) is 4.30. The molecule has 1 aromatic heterocycles. The fourth-order valence-corrected chi connectivity index (χ4v) is 2.08. The van der Waals surface area contributed by atoms with Gasteiger partial charge in [0.1, 0.15) is 6.10 Å². The number of aromatic nitrogens is 1. The molecule has 2 aromatic rings. The standard InChI is InChI=1S/C12H13N3O3.ClH/c1-7-10-3-2-8(4-11(10)18-14-7)15-6-9(5-13)17-12(15)16;/h2-4,9H,5-6,13H2,1H3;1H/t9-;/m0./s1. The number of amides is 1. The van der Waals surface area contributed by atoms with Crippen molar-refractivity contribution in [2.45, 2.75) is 13.0 Å². The predicted octanol–water partition coefficient (Wildman–Crippen LogP) is 1.84. The van der Waals surface area contributed by atoms with E-state index in [-0.39, 0.29) is 24.6 Å². The van der Waals surface area contributed by atoms with Gasteiger partial charge in [0.15, 0.2) is 5.58 Å². The van der Waals surface area contributed by atoms with E-state index in [2.05, 4.69) is 5.16 Å². The average Bonchev–Trinajstić information content (AvgIpc) is 2.93. The first kappa shape index (κ1) is 13.6. The monoisotopic (exact) mass is 283 g/mol. The lowest BCUT2D eigenvalue weighted by Gasteiger charge is -2.12. The van der Waals surface area contributed by atoms with E-state index in [4.69, 9.17) is 15.0 Å². The van der Waals surface area contributed by atoms with Crippen LogP contribution < -0.4 is 10.6 Å². The Morgan fingerprint density at radius 3 is 3.00 bits per heavy atom. The van der Waals surface area contributed by atoms with Crippen LogP contribution in [0.2, 0.25) is 0 Å². The number of nitrogens with zero attached hydrogens (tertiary/aromatic N) is 2. The van der Waals surface area contributed by atoms with Gasteiger partial charge < -0.3 is 15.0 Å². The number of nitrogens with two attached hydrogens (primary N) is 1. The molecule has 7 heteroatoms. The Bertz CT molecular complexity index is 613. The number of cyclic esters (lactones) is 1. The molecule has 1 saturated heterocycles. The van der Waals surface area contributed by atoms with E-state index in [0.717, 1.165) is 16.8 Å². The molecule has 1 atom stereocenters. The maximum atomic E-state index is 11.7. The van der Waals surface area contributed by atoms with Gasteiger partial charge in [-0.3, -0.25) is 4.90 Å². The average molecular weight is 284 g/mol. The minimum absolute atomic E-state index is 0.